The number of carbonyl (C=O) groups is 2. The summed E-state index contributed by atoms with van der Waals surface area (Å²) in [6.45, 7) is 10.2. The Morgan fingerprint density at radius 1 is 0.816 bits per heavy atom. The zero-order valence-corrected chi connectivity index (χ0v) is 22.8. The molecule has 0 bridgehead atoms. The first kappa shape index (κ1) is 27.4. The SMILES string of the molecule is Cc1ccccc1NC(=O)N(CCC(=O)N1CCN(C(c2ccccc2)c2ccccc2)CC1)CC(C)C. The van der Waals surface area contributed by atoms with Crippen molar-refractivity contribution in [3.63, 3.8) is 0 Å². The molecule has 0 spiro atoms. The van der Waals surface area contributed by atoms with Gasteiger partial charge in [-0.05, 0) is 35.6 Å². The van der Waals surface area contributed by atoms with Crippen LogP contribution >= 0.6 is 0 Å². The van der Waals surface area contributed by atoms with Crippen LogP contribution in [0.3, 0.4) is 0 Å². The minimum Gasteiger partial charge on any atom is -0.340 e. The molecule has 1 fully saturated rings. The number of rotatable bonds is 9. The van der Waals surface area contributed by atoms with E-state index >= 15 is 0 Å². The molecule has 6 heteroatoms. The second-order valence-corrected chi connectivity index (χ2v) is 10.5. The van der Waals surface area contributed by atoms with Crippen molar-refractivity contribution >= 4 is 17.6 Å². The van der Waals surface area contributed by atoms with Crippen molar-refractivity contribution in [2.75, 3.05) is 44.6 Å². The highest BCUT2D eigenvalue weighted by atomic mass is 16.2. The van der Waals surface area contributed by atoms with Gasteiger partial charge in [-0.25, -0.2) is 4.79 Å². The van der Waals surface area contributed by atoms with E-state index in [0.29, 0.717) is 38.5 Å². The topological polar surface area (TPSA) is 55.9 Å². The van der Waals surface area contributed by atoms with Crippen LogP contribution in [-0.4, -0.2) is 65.9 Å². The Morgan fingerprint density at radius 3 is 1.92 bits per heavy atom. The molecule has 200 valence electrons. The largest absolute Gasteiger partial charge is 0.340 e. The standard InChI is InChI=1S/C32H40N4O2/c1-25(2)24-36(32(38)33-29-17-11-10-12-26(29)3)19-18-30(37)34-20-22-35(23-21-34)31(27-13-6-4-7-14-27)28-15-8-5-9-16-28/h4-17,25,31H,18-24H2,1-3H3,(H,33,38). The number of hydrogen-bond donors (Lipinski definition) is 1. The summed E-state index contributed by atoms with van der Waals surface area (Å²) in [6, 6.07) is 28.9. The average molecular weight is 513 g/mol. The van der Waals surface area contributed by atoms with Crippen molar-refractivity contribution in [3.05, 3.63) is 102 Å². The monoisotopic (exact) mass is 512 g/mol. The van der Waals surface area contributed by atoms with Crippen LogP contribution in [0, 0.1) is 12.8 Å². The molecule has 3 aromatic rings. The maximum absolute atomic E-state index is 13.2. The van der Waals surface area contributed by atoms with Crippen molar-refractivity contribution in [2.24, 2.45) is 5.92 Å². The molecule has 1 saturated heterocycles. The van der Waals surface area contributed by atoms with Crippen LogP contribution in [0.4, 0.5) is 10.5 Å². The van der Waals surface area contributed by atoms with Crippen LogP contribution in [0.1, 0.15) is 43.0 Å². The summed E-state index contributed by atoms with van der Waals surface area (Å²) in [4.78, 5) is 32.4. The van der Waals surface area contributed by atoms with Gasteiger partial charge in [0.25, 0.3) is 0 Å². The maximum Gasteiger partial charge on any atom is 0.321 e. The lowest BCUT2D eigenvalue weighted by atomic mass is 9.96. The molecule has 3 aromatic carbocycles. The Morgan fingerprint density at radius 2 is 1.37 bits per heavy atom. The third-order valence-electron chi connectivity index (χ3n) is 7.12. The van der Waals surface area contributed by atoms with Gasteiger partial charge in [-0.2, -0.15) is 0 Å². The summed E-state index contributed by atoms with van der Waals surface area (Å²) in [5.74, 6) is 0.419. The smallest absolute Gasteiger partial charge is 0.321 e. The zero-order chi connectivity index (χ0) is 26.9. The number of hydrogen-bond acceptors (Lipinski definition) is 3. The molecule has 1 N–H and O–H groups in total. The molecule has 4 rings (SSSR count). The van der Waals surface area contributed by atoms with Gasteiger partial charge in [0.1, 0.15) is 0 Å². The average Bonchev–Trinajstić information content (AvgIpc) is 2.93. The summed E-state index contributed by atoms with van der Waals surface area (Å²) < 4.78 is 0. The van der Waals surface area contributed by atoms with E-state index in [1.165, 1.54) is 11.1 Å². The number of carbonyl (C=O) groups excluding carboxylic acids is 2. The number of amides is 3. The van der Waals surface area contributed by atoms with Crippen molar-refractivity contribution in [1.29, 1.82) is 0 Å². The minimum absolute atomic E-state index is 0.109. The second kappa shape index (κ2) is 13.2. The first-order valence-corrected chi connectivity index (χ1v) is 13.7. The van der Waals surface area contributed by atoms with Crippen molar-refractivity contribution in [1.82, 2.24) is 14.7 Å². The van der Waals surface area contributed by atoms with Crippen molar-refractivity contribution in [2.45, 2.75) is 33.2 Å². The van der Waals surface area contributed by atoms with Crippen LogP contribution in [0.15, 0.2) is 84.9 Å². The summed E-state index contributed by atoms with van der Waals surface area (Å²) in [7, 11) is 0. The normalized spacial score (nSPS) is 14.1. The fourth-order valence-electron chi connectivity index (χ4n) is 5.13. The highest BCUT2D eigenvalue weighted by Crippen LogP contribution is 2.29. The molecule has 1 aliphatic heterocycles. The van der Waals surface area contributed by atoms with Crippen LogP contribution in [0.2, 0.25) is 0 Å². The van der Waals surface area contributed by atoms with E-state index in [2.05, 4.69) is 72.6 Å². The lowest BCUT2D eigenvalue weighted by Gasteiger charge is -2.40. The van der Waals surface area contributed by atoms with Gasteiger partial charge < -0.3 is 15.1 Å². The van der Waals surface area contributed by atoms with Gasteiger partial charge >= 0.3 is 6.03 Å². The van der Waals surface area contributed by atoms with Gasteiger partial charge in [-0.1, -0.05) is 92.7 Å². The molecule has 1 aliphatic rings. The predicted molar refractivity (Wildman–Crippen MR) is 154 cm³/mol. The first-order chi connectivity index (χ1) is 18.4. The van der Waals surface area contributed by atoms with E-state index in [4.69, 9.17) is 0 Å². The Balaban J connectivity index is 1.35. The van der Waals surface area contributed by atoms with Crippen molar-refractivity contribution < 1.29 is 9.59 Å². The lowest BCUT2D eigenvalue weighted by Crippen LogP contribution is -2.50. The molecular formula is C32H40N4O2. The minimum atomic E-state index is -0.154. The highest BCUT2D eigenvalue weighted by molar-refractivity contribution is 5.90. The molecule has 0 radical (unpaired) electrons. The van der Waals surface area contributed by atoms with E-state index in [1.807, 2.05) is 48.2 Å². The molecule has 0 aromatic heterocycles. The number of piperazine rings is 1. The molecule has 3 amide bonds. The molecule has 0 atom stereocenters. The van der Waals surface area contributed by atoms with Gasteiger partial charge in [-0.3, -0.25) is 9.69 Å². The van der Waals surface area contributed by atoms with Crippen LogP contribution < -0.4 is 5.32 Å². The van der Waals surface area contributed by atoms with E-state index in [9.17, 15) is 9.59 Å². The Labute approximate surface area is 227 Å². The number of anilines is 1. The number of nitrogens with one attached hydrogen (secondary N) is 1. The molecule has 38 heavy (non-hydrogen) atoms. The zero-order valence-electron chi connectivity index (χ0n) is 22.8. The van der Waals surface area contributed by atoms with Crippen LogP contribution in [0.5, 0.6) is 0 Å². The number of nitrogens with zero attached hydrogens (tertiary/aromatic N) is 3. The molecule has 0 saturated carbocycles. The Kier molecular flexibility index (Phi) is 9.55. The van der Waals surface area contributed by atoms with E-state index in [-0.39, 0.29) is 18.0 Å². The van der Waals surface area contributed by atoms with E-state index in [0.717, 1.165) is 24.3 Å². The number of para-hydroxylation sites is 1. The molecular weight excluding hydrogens is 472 g/mol. The molecule has 0 aliphatic carbocycles. The third kappa shape index (κ3) is 7.23. The van der Waals surface area contributed by atoms with Gasteiger partial charge in [0.2, 0.25) is 5.91 Å². The first-order valence-electron chi connectivity index (χ1n) is 13.7. The summed E-state index contributed by atoms with van der Waals surface area (Å²) in [5.41, 5.74) is 4.36. The van der Waals surface area contributed by atoms with E-state index < -0.39 is 0 Å². The van der Waals surface area contributed by atoms with Gasteiger partial charge in [-0.15, -0.1) is 0 Å². The Hall–Kier alpha value is -3.64. The number of aryl methyl sites for hydroxylation is 1. The van der Waals surface area contributed by atoms with Crippen LogP contribution in [0.25, 0.3) is 0 Å². The molecule has 0 unspecified atom stereocenters. The Bertz CT molecular complexity index is 1130. The van der Waals surface area contributed by atoms with Gasteiger partial charge in [0.15, 0.2) is 0 Å². The quantitative estimate of drug-likeness (QED) is 0.394. The van der Waals surface area contributed by atoms with Crippen LogP contribution in [-0.2, 0) is 4.79 Å². The fraction of sp³-hybridized carbons (Fsp3) is 0.375. The number of urea groups is 1. The maximum atomic E-state index is 13.2. The van der Waals surface area contributed by atoms with Gasteiger partial charge in [0.05, 0.1) is 6.04 Å². The summed E-state index contributed by atoms with van der Waals surface area (Å²) in [5, 5.41) is 3.02. The number of benzene rings is 3. The molecule has 6 nitrogen and oxygen atoms in total. The molecule has 1 heterocycles. The highest BCUT2D eigenvalue weighted by Gasteiger charge is 2.28. The predicted octanol–water partition coefficient (Wildman–Crippen LogP) is 5.81. The fourth-order valence-corrected chi connectivity index (χ4v) is 5.13. The lowest BCUT2D eigenvalue weighted by molar-refractivity contribution is -0.133. The summed E-state index contributed by atoms with van der Waals surface area (Å²) in [6.07, 6.45) is 0.328. The van der Waals surface area contributed by atoms with Gasteiger partial charge in [0, 0.05) is 51.4 Å². The summed E-state index contributed by atoms with van der Waals surface area (Å²) >= 11 is 0. The second-order valence-electron chi connectivity index (χ2n) is 10.5. The van der Waals surface area contributed by atoms with Crippen molar-refractivity contribution in [3.8, 4) is 0 Å². The van der Waals surface area contributed by atoms with E-state index in [1.54, 1.807) is 4.90 Å². The third-order valence-corrected chi connectivity index (χ3v) is 7.12.